The Morgan fingerprint density at radius 2 is 0.486 bits per heavy atom. The van der Waals surface area contributed by atoms with Crippen molar-refractivity contribution in [2.75, 3.05) is 0 Å². The summed E-state index contributed by atoms with van der Waals surface area (Å²) in [6, 6.07) is 97.5. The lowest BCUT2D eigenvalue weighted by atomic mass is 10.0. The molecule has 0 atom stereocenters. The number of benzene rings is 11. The molecule has 11 aromatic carbocycles. The Morgan fingerprint density at radius 3 is 0.838 bits per heavy atom. The third kappa shape index (κ3) is 7.63. The second kappa shape index (κ2) is 18.0. The quantitative estimate of drug-likeness (QED) is 0.145. The zero-order valence-corrected chi connectivity index (χ0v) is 40.2. The number of nitrogens with zero attached hydrogens (tertiary/aromatic N) is 5. The van der Waals surface area contributed by atoms with Crippen LogP contribution in [0.4, 0.5) is 0 Å². The summed E-state index contributed by atoms with van der Waals surface area (Å²) in [5, 5.41) is 4.67. The molecule has 0 saturated carbocycles. The van der Waals surface area contributed by atoms with Crippen LogP contribution in [-0.2, 0) is 0 Å². The van der Waals surface area contributed by atoms with Gasteiger partial charge in [-0.3, -0.25) is 0 Å². The van der Waals surface area contributed by atoms with Crippen molar-refractivity contribution >= 4 is 43.6 Å². The summed E-state index contributed by atoms with van der Waals surface area (Å²) in [5.74, 6) is 1.80. The summed E-state index contributed by atoms with van der Waals surface area (Å²) < 4.78 is 4.88. The van der Waals surface area contributed by atoms with E-state index in [0.29, 0.717) is 17.5 Å². The average Bonchev–Trinajstić information content (AvgIpc) is 4.02. The average molecular weight is 944 g/mol. The molecule has 0 aliphatic rings. The highest BCUT2D eigenvalue weighted by Gasteiger charge is 2.22. The summed E-state index contributed by atoms with van der Waals surface area (Å²) in [7, 11) is 0. The molecule has 14 aromatic rings. The van der Waals surface area contributed by atoms with Crippen LogP contribution in [0.1, 0.15) is 0 Å². The number of rotatable bonds is 9. The molecule has 0 N–H and O–H groups in total. The van der Waals surface area contributed by atoms with Crippen molar-refractivity contribution in [3.05, 3.63) is 273 Å². The van der Waals surface area contributed by atoms with Gasteiger partial charge in [0.15, 0.2) is 17.5 Å². The summed E-state index contributed by atoms with van der Waals surface area (Å²) in [6.45, 7) is 0. The molecular weight excluding hydrogens is 899 g/mol. The molecule has 0 aliphatic heterocycles. The van der Waals surface area contributed by atoms with Gasteiger partial charge >= 0.3 is 0 Å². The highest BCUT2D eigenvalue weighted by Crippen LogP contribution is 2.42. The van der Waals surface area contributed by atoms with E-state index in [2.05, 4.69) is 246 Å². The van der Waals surface area contributed by atoms with Gasteiger partial charge in [-0.1, -0.05) is 218 Å². The Kier molecular flexibility index (Phi) is 10.4. The van der Waals surface area contributed by atoms with Gasteiger partial charge in [0, 0.05) is 49.6 Å². The molecule has 3 heterocycles. The van der Waals surface area contributed by atoms with E-state index >= 15 is 0 Å². The maximum Gasteiger partial charge on any atom is 0.164 e. The normalized spacial score (nSPS) is 11.5. The molecule has 14 rings (SSSR count). The fraction of sp³-hybridized carbons (Fsp3) is 0. The molecule has 0 aliphatic carbocycles. The maximum absolute atomic E-state index is 5.35. The van der Waals surface area contributed by atoms with E-state index in [1.807, 2.05) is 36.4 Å². The third-order valence-corrected chi connectivity index (χ3v) is 14.3. The summed E-state index contributed by atoms with van der Waals surface area (Å²) >= 11 is 0. The molecule has 0 bridgehead atoms. The van der Waals surface area contributed by atoms with Crippen molar-refractivity contribution < 1.29 is 0 Å². The van der Waals surface area contributed by atoms with E-state index < -0.39 is 0 Å². The van der Waals surface area contributed by atoms with Gasteiger partial charge in [-0.2, -0.15) is 0 Å². The minimum absolute atomic E-state index is 0.579. The maximum atomic E-state index is 5.35. The van der Waals surface area contributed by atoms with Crippen LogP contribution in [0.2, 0.25) is 0 Å². The van der Waals surface area contributed by atoms with E-state index in [1.165, 1.54) is 43.8 Å². The van der Waals surface area contributed by atoms with Crippen LogP contribution in [-0.4, -0.2) is 24.1 Å². The molecule has 346 valence electrons. The van der Waals surface area contributed by atoms with E-state index in [-0.39, 0.29) is 0 Å². The second-order valence-electron chi connectivity index (χ2n) is 18.8. The van der Waals surface area contributed by atoms with Crippen molar-refractivity contribution in [2.24, 2.45) is 0 Å². The smallest absolute Gasteiger partial charge is 0.164 e. The predicted molar refractivity (Wildman–Crippen MR) is 307 cm³/mol. The molecule has 5 heteroatoms. The molecule has 0 fully saturated rings. The van der Waals surface area contributed by atoms with Crippen LogP contribution in [0.5, 0.6) is 0 Å². The standard InChI is InChI=1S/C69H45N5/c1-7-19-46(20-8-1)52-33-37-63-61(41-52)59-35-31-54(48-23-11-3-12-24-48)43-65(59)73(63)57-39-56(69-71-67(50-27-15-5-16-28-50)70-68(72-69)51-29-17-6-18-30-51)40-58(45-57)74-64-38-34-53(47-21-9-2-10-22-47)42-62(64)60-36-32-55(44-66(60)74)49-25-13-4-14-26-49/h1-45H. The summed E-state index contributed by atoms with van der Waals surface area (Å²) in [6.07, 6.45) is 0. The Morgan fingerprint density at radius 1 is 0.189 bits per heavy atom. The Bertz CT molecular complexity index is 4100. The van der Waals surface area contributed by atoms with E-state index in [0.717, 1.165) is 72.4 Å². The molecule has 5 nitrogen and oxygen atoms in total. The first-order valence-corrected chi connectivity index (χ1v) is 25.1. The SMILES string of the molecule is c1ccc(-c2ccc3c(c2)c2ccc(-c4ccccc4)cc2n3-c2cc(-c3nc(-c4ccccc4)nc(-c4ccccc4)n3)cc(-n3c4ccc(-c5ccccc5)cc4c4ccc(-c5ccccc5)cc43)c2)cc1. The van der Waals surface area contributed by atoms with Crippen LogP contribution in [0.25, 0.3) is 134 Å². The predicted octanol–water partition coefficient (Wildman–Crippen LogP) is 17.7. The van der Waals surface area contributed by atoms with Gasteiger partial charge in [0.25, 0.3) is 0 Å². The second-order valence-corrected chi connectivity index (χ2v) is 18.8. The molecule has 0 amide bonds. The van der Waals surface area contributed by atoms with Crippen molar-refractivity contribution in [3.8, 4) is 90.0 Å². The molecule has 0 spiro atoms. The summed E-state index contributed by atoms with van der Waals surface area (Å²) in [4.78, 5) is 15.8. The molecule has 0 saturated heterocycles. The van der Waals surface area contributed by atoms with E-state index in [1.54, 1.807) is 0 Å². The highest BCUT2D eigenvalue weighted by atomic mass is 15.0. The van der Waals surface area contributed by atoms with Gasteiger partial charge in [-0.05, 0) is 99.1 Å². The third-order valence-electron chi connectivity index (χ3n) is 14.3. The van der Waals surface area contributed by atoms with E-state index in [9.17, 15) is 0 Å². The first kappa shape index (κ1) is 42.9. The topological polar surface area (TPSA) is 48.5 Å². The van der Waals surface area contributed by atoms with Gasteiger partial charge in [0.05, 0.1) is 22.1 Å². The van der Waals surface area contributed by atoms with Gasteiger partial charge in [0.1, 0.15) is 0 Å². The zero-order chi connectivity index (χ0) is 49.0. The van der Waals surface area contributed by atoms with Crippen molar-refractivity contribution in [2.45, 2.75) is 0 Å². The first-order valence-electron chi connectivity index (χ1n) is 25.1. The van der Waals surface area contributed by atoms with Gasteiger partial charge in [0.2, 0.25) is 0 Å². The molecule has 3 aromatic heterocycles. The van der Waals surface area contributed by atoms with Crippen molar-refractivity contribution in [1.29, 1.82) is 0 Å². The van der Waals surface area contributed by atoms with Gasteiger partial charge < -0.3 is 9.13 Å². The largest absolute Gasteiger partial charge is 0.309 e. The van der Waals surface area contributed by atoms with Crippen molar-refractivity contribution in [1.82, 2.24) is 24.1 Å². The fourth-order valence-corrected chi connectivity index (χ4v) is 10.8. The van der Waals surface area contributed by atoms with E-state index in [4.69, 9.17) is 15.0 Å². The monoisotopic (exact) mass is 943 g/mol. The van der Waals surface area contributed by atoms with Crippen LogP contribution in [0, 0.1) is 0 Å². The van der Waals surface area contributed by atoms with Crippen LogP contribution < -0.4 is 0 Å². The molecule has 74 heavy (non-hydrogen) atoms. The molecule has 0 radical (unpaired) electrons. The lowest BCUT2D eigenvalue weighted by Crippen LogP contribution is -2.03. The minimum atomic E-state index is 0.579. The van der Waals surface area contributed by atoms with Crippen LogP contribution in [0.15, 0.2) is 273 Å². The van der Waals surface area contributed by atoms with Crippen LogP contribution >= 0.6 is 0 Å². The van der Waals surface area contributed by atoms with Crippen molar-refractivity contribution in [3.63, 3.8) is 0 Å². The molecule has 0 unspecified atom stereocenters. The first-order chi connectivity index (χ1) is 36.7. The lowest BCUT2D eigenvalue weighted by Gasteiger charge is -2.17. The molecular formula is C69H45N5. The van der Waals surface area contributed by atoms with Crippen LogP contribution in [0.3, 0.4) is 0 Å². The fourth-order valence-electron chi connectivity index (χ4n) is 10.8. The number of fused-ring (bicyclic) bond motifs is 6. The number of hydrogen-bond acceptors (Lipinski definition) is 3. The lowest BCUT2D eigenvalue weighted by molar-refractivity contribution is 1.07. The highest BCUT2D eigenvalue weighted by molar-refractivity contribution is 6.13. The Hall–Kier alpha value is -9.97. The zero-order valence-electron chi connectivity index (χ0n) is 40.2. The Labute approximate surface area is 428 Å². The Balaban J connectivity index is 1.09. The number of hydrogen-bond donors (Lipinski definition) is 0. The minimum Gasteiger partial charge on any atom is -0.309 e. The summed E-state index contributed by atoms with van der Waals surface area (Å²) in [5.41, 5.74) is 18.3. The van der Waals surface area contributed by atoms with Gasteiger partial charge in [-0.25, -0.2) is 15.0 Å². The van der Waals surface area contributed by atoms with Gasteiger partial charge in [-0.15, -0.1) is 0 Å². The number of aromatic nitrogens is 5.